The van der Waals surface area contributed by atoms with Crippen molar-refractivity contribution in [2.45, 2.75) is 60.4 Å². The van der Waals surface area contributed by atoms with E-state index < -0.39 is 0 Å². The van der Waals surface area contributed by atoms with E-state index in [4.69, 9.17) is 0 Å². The Hall–Kier alpha value is -0.790. The van der Waals surface area contributed by atoms with Gasteiger partial charge in [-0.1, -0.05) is 40.5 Å². The van der Waals surface area contributed by atoms with Crippen LogP contribution in [0.15, 0.2) is 12.4 Å². The van der Waals surface area contributed by atoms with Crippen LogP contribution in [-0.4, -0.2) is 9.55 Å². The molecule has 0 saturated heterocycles. The lowest BCUT2D eigenvalue weighted by atomic mass is 10.1. The van der Waals surface area contributed by atoms with Gasteiger partial charge >= 0.3 is 0 Å². The summed E-state index contributed by atoms with van der Waals surface area (Å²) in [7, 11) is 0. The van der Waals surface area contributed by atoms with Crippen molar-refractivity contribution >= 4 is 0 Å². The van der Waals surface area contributed by atoms with Crippen molar-refractivity contribution < 1.29 is 0 Å². The maximum absolute atomic E-state index is 4.19. The average molecular weight is 210 g/mol. The predicted molar refractivity (Wildman–Crippen MR) is 67.0 cm³/mol. The van der Waals surface area contributed by atoms with Crippen molar-refractivity contribution in [2.24, 2.45) is 5.92 Å². The van der Waals surface area contributed by atoms with Gasteiger partial charge in [0.1, 0.15) is 5.82 Å². The zero-order chi connectivity index (χ0) is 11.7. The van der Waals surface area contributed by atoms with Crippen LogP contribution in [0.25, 0.3) is 0 Å². The average Bonchev–Trinajstić information content (AvgIpc) is 2.62. The van der Waals surface area contributed by atoms with E-state index in [9.17, 15) is 0 Å². The van der Waals surface area contributed by atoms with Crippen molar-refractivity contribution in [1.29, 1.82) is 0 Å². The van der Waals surface area contributed by atoms with E-state index in [1.54, 1.807) is 0 Å². The molecular weight excluding hydrogens is 184 g/mol. The van der Waals surface area contributed by atoms with Crippen molar-refractivity contribution in [3.8, 4) is 0 Å². The number of hydrogen-bond donors (Lipinski definition) is 0. The van der Waals surface area contributed by atoms with Gasteiger partial charge in [-0.15, -0.1) is 0 Å². The second-order valence-electron chi connectivity index (χ2n) is 4.06. The number of imidazole rings is 1. The number of nitrogens with zero attached hydrogens (tertiary/aromatic N) is 2. The molecule has 0 aliphatic carbocycles. The second kappa shape index (κ2) is 8.51. The summed E-state index contributed by atoms with van der Waals surface area (Å²) >= 11 is 0. The number of aromatic nitrogens is 2. The molecular formula is C13H26N2. The summed E-state index contributed by atoms with van der Waals surface area (Å²) in [5.74, 6) is 1.97. The van der Waals surface area contributed by atoms with Gasteiger partial charge in [-0.25, -0.2) is 4.98 Å². The van der Waals surface area contributed by atoms with Gasteiger partial charge in [0.2, 0.25) is 0 Å². The van der Waals surface area contributed by atoms with Crippen LogP contribution in [0, 0.1) is 12.8 Å². The lowest BCUT2D eigenvalue weighted by molar-refractivity contribution is 0.506. The van der Waals surface area contributed by atoms with Gasteiger partial charge in [-0.05, 0) is 19.3 Å². The molecule has 0 bridgehead atoms. The van der Waals surface area contributed by atoms with Gasteiger partial charge < -0.3 is 4.57 Å². The molecule has 2 heteroatoms. The molecule has 0 aliphatic heterocycles. The smallest absolute Gasteiger partial charge is 0.105 e. The van der Waals surface area contributed by atoms with Gasteiger partial charge in [0, 0.05) is 18.9 Å². The monoisotopic (exact) mass is 210 g/mol. The summed E-state index contributed by atoms with van der Waals surface area (Å²) in [6.45, 7) is 11.7. The summed E-state index contributed by atoms with van der Waals surface area (Å²) in [6, 6.07) is 0. The molecule has 0 atom stereocenters. The zero-order valence-corrected chi connectivity index (χ0v) is 11.0. The first-order valence-corrected chi connectivity index (χ1v) is 6.18. The van der Waals surface area contributed by atoms with E-state index in [1.165, 1.54) is 19.3 Å². The quantitative estimate of drug-likeness (QED) is 0.671. The SMILES string of the molecule is CC.Cc1nccn1CCCCC(C)C. The molecule has 0 unspecified atom stereocenters. The maximum Gasteiger partial charge on any atom is 0.105 e. The lowest BCUT2D eigenvalue weighted by Gasteiger charge is -2.06. The molecule has 15 heavy (non-hydrogen) atoms. The van der Waals surface area contributed by atoms with E-state index in [0.717, 1.165) is 18.3 Å². The predicted octanol–water partition coefficient (Wildman–Crippen LogP) is 4.04. The Balaban J connectivity index is 0.000000921. The highest BCUT2D eigenvalue weighted by molar-refractivity contribution is 4.87. The first kappa shape index (κ1) is 14.2. The third kappa shape index (κ3) is 6.32. The van der Waals surface area contributed by atoms with Crippen LogP contribution in [0.3, 0.4) is 0 Å². The minimum absolute atomic E-state index is 0.837. The normalized spacial score (nSPS) is 10.0. The molecule has 0 amide bonds. The van der Waals surface area contributed by atoms with Crippen molar-refractivity contribution in [2.75, 3.05) is 0 Å². The third-order valence-corrected chi connectivity index (χ3v) is 2.35. The fraction of sp³-hybridized carbons (Fsp3) is 0.769. The van der Waals surface area contributed by atoms with Crippen molar-refractivity contribution in [1.82, 2.24) is 9.55 Å². The molecule has 2 nitrogen and oxygen atoms in total. The summed E-state index contributed by atoms with van der Waals surface area (Å²) in [5, 5.41) is 0. The van der Waals surface area contributed by atoms with Crippen LogP contribution in [-0.2, 0) is 6.54 Å². The van der Waals surface area contributed by atoms with Crippen LogP contribution < -0.4 is 0 Å². The summed E-state index contributed by atoms with van der Waals surface area (Å²) < 4.78 is 2.22. The Labute approximate surface area is 94.7 Å². The van der Waals surface area contributed by atoms with Gasteiger partial charge in [-0.3, -0.25) is 0 Å². The second-order valence-corrected chi connectivity index (χ2v) is 4.06. The first-order valence-electron chi connectivity index (χ1n) is 6.18. The van der Waals surface area contributed by atoms with E-state index >= 15 is 0 Å². The fourth-order valence-corrected chi connectivity index (χ4v) is 1.47. The molecule has 88 valence electrons. The highest BCUT2D eigenvalue weighted by Gasteiger charge is 1.97. The third-order valence-electron chi connectivity index (χ3n) is 2.35. The number of aryl methyl sites for hydroxylation is 2. The van der Waals surface area contributed by atoms with Crippen LogP contribution in [0.2, 0.25) is 0 Å². The van der Waals surface area contributed by atoms with Crippen LogP contribution >= 0.6 is 0 Å². The number of hydrogen-bond acceptors (Lipinski definition) is 1. The van der Waals surface area contributed by atoms with Gasteiger partial charge in [0.15, 0.2) is 0 Å². The topological polar surface area (TPSA) is 17.8 Å². The molecule has 1 rings (SSSR count). The molecule has 0 aromatic carbocycles. The van der Waals surface area contributed by atoms with Crippen LogP contribution in [0.4, 0.5) is 0 Å². The minimum atomic E-state index is 0.837. The summed E-state index contributed by atoms with van der Waals surface area (Å²) in [5.41, 5.74) is 0. The lowest BCUT2D eigenvalue weighted by Crippen LogP contribution is -1.99. The number of unbranched alkanes of at least 4 members (excludes halogenated alkanes) is 1. The molecule has 0 N–H and O–H groups in total. The fourth-order valence-electron chi connectivity index (χ4n) is 1.47. The van der Waals surface area contributed by atoms with E-state index in [-0.39, 0.29) is 0 Å². The standard InChI is InChI=1S/C11H20N2.C2H6/c1-10(2)6-4-5-8-13-9-7-12-11(13)3;1-2/h7,9-10H,4-6,8H2,1-3H3;1-2H3. The van der Waals surface area contributed by atoms with Gasteiger partial charge in [0.05, 0.1) is 0 Å². The van der Waals surface area contributed by atoms with E-state index in [0.29, 0.717) is 0 Å². The van der Waals surface area contributed by atoms with Crippen molar-refractivity contribution in [3.63, 3.8) is 0 Å². The number of rotatable bonds is 5. The Bertz CT molecular complexity index is 238. The first-order chi connectivity index (χ1) is 7.20. The summed E-state index contributed by atoms with van der Waals surface area (Å²) in [6.07, 6.45) is 7.88. The largest absolute Gasteiger partial charge is 0.335 e. The Morgan fingerprint density at radius 2 is 1.93 bits per heavy atom. The Morgan fingerprint density at radius 3 is 2.40 bits per heavy atom. The molecule has 0 spiro atoms. The zero-order valence-electron chi connectivity index (χ0n) is 11.0. The van der Waals surface area contributed by atoms with E-state index in [2.05, 4.69) is 36.5 Å². The molecule has 0 radical (unpaired) electrons. The molecule has 0 saturated carbocycles. The van der Waals surface area contributed by atoms with Crippen molar-refractivity contribution in [3.05, 3.63) is 18.2 Å². The Kier molecular flexibility index (Phi) is 8.06. The molecule has 0 aliphatic rings. The Morgan fingerprint density at radius 1 is 1.27 bits per heavy atom. The van der Waals surface area contributed by atoms with Gasteiger partial charge in [-0.2, -0.15) is 0 Å². The molecule has 1 heterocycles. The molecule has 0 fully saturated rings. The molecule has 1 aromatic rings. The van der Waals surface area contributed by atoms with Gasteiger partial charge in [0.25, 0.3) is 0 Å². The highest BCUT2D eigenvalue weighted by atomic mass is 15.0. The minimum Gasteiger partial charge on any atom is -0.335 e. The van der Waals surface area contributed by atoms with Crippen LogP contribution in [0.1, 0.15) is 52.8 Å². The highest BCUT2D eigenvalue weighted by Crippen LogP contribution is 2.07. The van der Waals surface area contributed by atoms with E-state index in [1.807, 2.05) is 20.0 Å². The van der Waals surface area contributed by atoms with Crippen LogP contribution in [0.5, 0.6) is 0 Å². The summed E-state index contributed by atoms with van der Waals surface area (Å²) in [4.78, 5) is 4.19. The molecule has 1 aromatic heterocycles. The maximum atomic E-state index is 4.19.